The third-order valence-electron chi connectivity index (χ3n) is 1.64. The number of carbonyl (C=O) groups is 1. The molecule has 0 saturated carbocycles. The van der Waals surface area contributed by atoms with E-state index >= 15 is 0 Å². The van der Waals surface area contributed by atoms with Crippen LogP contribution in [0.2, 0.25) is 0 Å². The number of aliphatic hydroxyl groups is 4. The second-order valence-corrected chi connectivity index (χ2v) is 4.07. The first-order chi connectivity index (χ1) is 7.19. The van der Waals surface area contributed by atoms with Gasteiger partial charge in [-0.3, -0.25) is 0 Å². The summed E-state index contributed by atoms with van der Waals surface area (Å²) >= 11 is 0. The van der Waals surface area contributed by atoms with Crippen molar-refractivity contribution in [3.8, 4) is 0 Å². The minimum Gasteiger partial charge on any atom is -0.790 e. The van der Waals surface area contributed by atoms with Crippen molar-refractivity contribution in [1.82, 2.24) is 0 Å². The molecule has 17 heavy (non-hydrogen) atoms. The van der Waals surface area contributed by atoms with Crippen LogP contribution in [0.4, 0.5) is 0 Å². The molecule has 0 aromatic heterocycles. The van der Waals surface area contributed by atoms with E-state index in [-0.39, 0.29) is 30.2 Å². The Kier molecular flexibility index (Phi) is 9.89. The van der Waals surface area contributed by atoms with Crippen LogP contribution in [0.1, 0.15) is 0 Å². The average molecular weight is 377 g/mol. The van der Waals surface area contributed by atoms with E-state index in [2.05, 4.69) is 4.52 Å². The van der Waals surface area contributed by atoms with Gasteiger partial charge < -0.3 is 44.1 Å². The normalized spacial score (nSPS) is 18.7. The minimum atomic E-state index is -5.30. The molecule has 4 atom stereocenters. The molecule has 0 amide bonds. The van der Waals surface area contributed by atoms with Crippen molar-refractivity contribution < 1.29 is 44.1 Å². The quantitative estimate of drug-likeness (QED) is 0.193. The van der Waals surface area contributed by atoms with Crippen LogP contribution in [0.5, 0.6) is 0 Å². The Hall–Kier alpha value is 0.419. The van der Waals surface area contributed by atoms with Crippen LogP contribution < -0.4 is 9.79 Å². The second-order valence-electron chi connectivity index (χ2n) is 2.92. The molecule has 98 valence electrons. The number of phosphoric acid groups is 1. The van der Waals surface area contributed by atoms with Gasteiger partial charge in [0.1, 0.15) is 24.4 Å². The number of hydrogen-bond donors (Lipinski definition) is 4. The Labute approximate surface area is 113 Å². The molecular formula is C6H11O9PSn. The zero-order chi connectivity index (χ0) is 12.9. The molecule has 11 heteroatoms. The standard InChI is InChI=1S/C6H13O9P.Sn/c7-1-3(8)5(10)6(11)4(9)2-15-16(12,13)14;/h1,3-6,8-11H,2H2,(H2,12,13,14);/q;+2/p-2/t3-,4+,5+,6+;/m0./s1. The zero-order valence-electron chi connectivity index (χ0n) is 8.37. The van der Waals surface area contributed by atoms with E-state index in [4.69, 9.17) is 20.4 Å². The van der Waals surface area contributed by atoms with Crippen molar-refractivity contribution in [3.05, 3.63) is 0 Å². The van der Waals surface area contributed by atoms with E-state index in [1.54, 1.807) is 0 Å². The summed E-state index contributed by atoms with van der Waals surface area (Å²) < 4.78 is 13.6. The topological polar surface area (TPSA) is 170 Å². The molecule has 0 saturated heterocycles. The van der Waals surface area contributed by atoms with Crippen LogP contribution >= 0.6 is 7.82 Å². The predicted molar refractivity (Wildman–Crippen MR) is 49.4 cm³/mol. The van der Waals surface area contributed by atoms with E-state index in [1.807, 2.05) is 0 Å². The molecular weight excluding hydrogens is 366 g/mol. The number of aldehydes is 1. The van der Waals surface area contributed by atoms with Crippen LogP contribution in [0, 0.1) is 0 Å². The Morgan fingerprint density at radius 2 is 1.65 bits per heavy atom. The molecule has 0 heterocycles. The fourth-order valence-corrected chi connectivity index (χ4v) is 1.11. The molecule has 0 spiro atoms. The van der Waals surface area contributed by atoms with E-state index in [9.17, 15) is 19.1 Å². The Bertz CT molecular complexity index is 268. The predicted octanol–water partition coefficient (Wildman–Crippen LogP) is -4.91. The summed E-state index contributed by atoms with van der Waals surface area (Å²) in [6.07, 6.45) is -8.04. The van der Waals surface area contributed by atoms with Crippen molar-refractivity contribution in [3.63, 3.8) is 0 Å². The number of rotatable bonds is 7. The third kappa shape index (κ3) is 8.19. The van der Waals surface area contributed by atoms with Gasteiger partial charge in [-0.1, -0.05) is 0 Å². The molecule has 0 aliphatic heterocycles. The monoisotopic (exact) mass is 378 g/mol. The molecule has 0 aromatic carbocycles. The summed E-state index contributed by atoms with van der Waals surface area (Å²) in [6.45, 7) is -1.09. The summed E-state index contributed by atoms with van der Waals surface area (Å²) in [6, 6.07) is 0. The van der Waals surface area contributed by atoms with Crippen molar-refractivity contribution in [2.75, 3.05) is 6.61 Å². The third-order valence-corrected chi connectivity index (χ3v) is 2.10. The van der Waals surface area contributed by atoms with Crippen LogP contribution in [0.15, 0.2) is 0 Å². The molecule has 2 radical (unpaired) electrons. The first kappa shape index (κ1) is 19.8. The van der Waals surface area contributed by atoms with Crippen molar-refractivity contribution in [1.29, 1.82) is 0 Å². The number of hydrogen-bond acceptors (Lipinski definition) is 9. The molecule has 4 N–H and O–H groups in total. The first-order valence-electron chi connectivity index (χ1n) is 4.03. The van der Waals surface area contributed by atoms with Gasteiger partial charge >= 0.3 is 23.9 Å². The summed E-state index contributed by atoms with van der Waals surface area (Å²) in [5.74, 6) is 0. The molecule has 0 bridgehead atoms. The smallest absolute Gasteiger partial charge is 0.790 e. The molecule has 0 aromatic rings. The maximum Gasteiger partial charge on any atom is 2.00 e. The number of carbonyl (C=O) groups excluding carboxylic acids is 1. The van der Waals surface area contributed by atoms with E-state index in [0.717, 1.165) is 0 Å². The van der Waals surface area contributed by atoms with Crippen LogP contribution in [-0.4, -0.2) is 81.6 Å². The van der Waals surface area contributed by atoms with Gasteiger partial charge in [0.05, 0.1) is 14.4 Å². The molecule has 0 fully saturated rings. The summed E-state index contributed by atoms with van der Waals surface area (Å²) in [5, 5.41) is 35.9. The van der Waals surface area contributed by atoms with E-state index < -0.39 is 38.8 Å². The van der Waals surface area contributed by atoms with E-state index in [1.165, 1.54) is 0 Å². The van der Waals surface area contributed by atoms with Crippen LogP contribution in [0.3, 0.4) is 0 Å². The van der Waals surface area contributed by atoms with Crippen molar-refractivity contribution in [2.45, 2.75) is 24.4 Å². The van der Waals surface area contributed by atoms with Crippen molar-refractivity contribution in [2.24, 2.45) is 0 Å². The van der Waals surface area contributed by atoms with Crippen molar-refractivity contribution >= 4 is 38.0 Å². The van der Waals surface area contributed by atoms with Gasteiger partial charge in [-0.15, -0.1) is 0 Å². The van der Waals surface area contributed by atoms with Gasteiger partial charge in [0, 0.05) is 0 Å². The van der Waals surface area contributed by atoms with Gasteiger partial charge in [-0.05, 0) is 0 Å². The van der Waals surface area contributed by atoms with Crippen LogP contribution in [0.25, 0.3) is 0 Å². The first-order valence-corrected chi connectivity index (χ1v) is 5.49. The maximum atomic E-state index is 10.0. The van der Waals surface area contributed by atoms with Crippen LogP contribution in [-0.2, 0) is 13.9 Å². The fraction of sp³-hybridized carbons (Fsp3) is 0.833. The van der Waals surface area contributed by atoms with E-state index in [0.29, 0.717) is 0 Å². The van der Waals surface area contributed by atoms with Gasteiger partial charge in [-0.25, -0.2) is 0 Å². The van der Waals surface area contributed by atoms with Gasteiger partial charge in [0.25, 0.3) is 0 Å². The molecule has 0 rings (SSSR count). The number of phosphoric ester groups is 1. The molecule has 0 unspecified atom stereocenters. The Balaban J connectivity index is 0. The molecule has 0 aliphatic rings. The minimum absolute atomic E-state index is 0. The number of aliphatic hydroxyl groups excluding tert-OH is 4. The van der Waals surface area contributed by atoms with Gasteiger partial charge in [0.2, 0.25) is 0 Å². The Morgan fingerprint density at radius 3 is 2.00 bits per heavy atom. The molecule has 9 nitrogen and oxygen atoms in total. The second kappa shape index (κ2) is 8.51. The van der Waals surface area contributed by atoms with Gasteiger partial charge in [-0.2, -0.15) is 0 Å². The zero-order valence-corrected chi connectivity index (χ0v) is 12.1. The summed E-state index contributed by atoms with van der Waals surface area (Å²) in [7, 11) is -5.30. The van der Waals surface area contributed by atoms with Gasteiger partial charge in [0.15, 0.2) is 6.29 Å². The largest absolute Gasteiger partial charge is 2.00 e. The maximum absolute atomic E-state index is 10.0. The average Bonchev–Trinajstić information content (AvgIpc) is 2.21. The molecule has 0 aliphatic carbocycles. The summed E-state index contributed by atoms with van der Waals surface area (Å²) in [4.78, 5) is 30.0. The SMILES string of the molecule is O=C[C@H](O)[C@@H](O)[C@H](O)[C@H](O)COP(=O)([O-])[O-].[Sn+2]. The fourth-order valence-electron chi connectivity index (χ4n) is 0.776. The summed E-state index contributed by atoms with van der Waals surface area (Å²) in [5.41, 5.74) is 0. The Morgan fingerprint density at radius 1 is 1.18 bits per heavy atom.